The number of fused-ring (bicyclic) bond motifs is 3. The summed E-state index contributed by atoms with van der Waals surface area (Å²) in [4.78, 5) is 26.3. The summed E-state index contributed by atoms with van der Waals surface area (Å²) in [6.45, 7) is 2.19. The number of ether oxygens (including phenoxy) is 1. The van der Waals surface area contributed by atoms with Crippen LogP contribution >= 0.6 is 0 Å². The Morgan fingerprint density at radius 1 is 1.03 bits per heavy atom. The monoisotopic (exact) mass is 509 g/mol. The number of rotatable bonds is 8. The van der Waals surface area contributed by atoms with Gasteiger partial charge in [0.1, 0.15) is 11.5 Å². The van der Waals surface area contributed by atoms with Crippen LogP contribution in [0, 0.1) is 5.92 Å². The van der Waals surface area contributed by atoms with Gasteiger partial charge in [0.2, 0.25) is 0 Å². The van der Waals surface area contributed by atoms with Crippen molar-refractivity contribution in [2.75, 3.05) is 13.1 Å². The third kappa shape index (κ3) is 4.78. The summed E-state index contributed by atoms with van der Waals surface area (Å²) in [5.74, 6) is 0.782. The van der Waals surface area contributed by atoms with Crippen LogP contribution < -0.4 is 10.1 Å². The molecular weight excluding hydrogens is 482 g/mol. The van der Waals surface area contributed by atoms with E-state index in [4.69, 9.17) is 14.4 Å². The van der Waals surface area contributed by atoms with Crippen molar-refractivity contribution in [3.63, 3.8) is 0 Å². The van der Waals surface area contributed by atoms with E-state index in [9.17, 15) is 9.59 Å². The van der Waals surface area contributed by atoms with Gasteiger partial charge < -0.3 is 19.7 Å². The summed E-state index contributed by atoms with van der Waals surface area (Å²) in [5, 5.41) is 16.2. The number of carboxylic acids is 1. The Balaban J connectivity index is 1.13. The molecule has 2 heterocycles. The van der Waals surface area contributed by atoms with Gasteiger partial charge in [-0.05, 0) is 42.2 Å². The number of carbonyl (C=O) groups excluding carboxylic acids is 1. The molecule has 1 aromatic heterocycles. The van der Waals surface area contributed by atoms with Gasteiger partial charge in [0.05, 0.1) is 5.92 Å². The van der Waals surface area contributed by atoms with E-state index >= 15 is 0 Å². The molecule has 0 spiro atoms. The number of carbonyl (C=O) groups is 2. The number of para-hydroxylation sites is 2. The lowest BCUT2D eigenvalue weighted by molar-refractivity contribution is -0.147. The Morgan fingerprint density at radius 2 is 1.82 bits per heavy atom. The molecule has 38 heavy (non-hydrogen) atoms. The number of amides is 1. The topological polar surface area (TPSA) is 105 Å². The highest BCUT2D eigenvalue weighted by atomic mass is 16.5. The number of benzene rings is 3. The number of carboxylic acid groups (broad SMARTS) is 1. The van der Waals surface area contributed by atoms with Gasteiger partial charge in [-0.25, -0.2) is 0 Å². The van der Waals surface area contributed by atoms with E-state index in [1.54, 1.807) is 0 Å². The molecule has 8 heteroatoms. The molecule has 8 nitrogen and oxygen atoms in total. The Hall–Kier alpha value is -4.43. The number of hydrogen-bond donors (Lipinski definition) is 2. The van der Waals surface area contributed by atoms with Crippen LogP contribution in [0.15, 0.2) is 77.3 Å². The van der Waals surface area contributed by atoms with Crippen molar-refractivity contribution in [1.82, 2.24) is 15.4 Å². The number of likely N-dealkylation sites (tertiary alicyclic amines) is 1. The van der Waals surface area contributed by atoms with Crippen LogP contribution in [0.25, 0.3) is 11.3 Å². The minimum Gasteiger partial charge on any atom is -0.481 e. The lowest BCUT2D eigenvalue weighted by Crippen LogP contribution is -2.49. The van der Waals surface area contributed by atoms with Gasteiger partial charge in [-0.1, -0.05) is 59.8 Å². The fourth-order valence-electron chi connectivity index (χ4n) is 5.10. The Labute approximate surface area is 219 Å². The molecule has 3 aromatic carbocycles. The second-order valence-corrected chi connectivity index (χ2v) is 9.77. The summed E-state index contributed by atoms with van der Waals surface area (Å²) in [5.41, 5.74) is 5.25. The van der Waals surface area contributed by atoms with Crippen LogP contribution in [0.4, 0.5) is 0 Å². The highest BCUT2D eigenvalue weighted by molar-refractivity contribution is 5.95. The maximum Gasteiger partial charge on any atom is 0.309 e. The van der Waals surface area contributed by atoms with E-state index in [1.807, 2.05) is 66.7 Å². The highest BCUT2D eigenvalue weighted by Gasteiger charge is 2.33. The molecule has 1 aliphatic carbocycles. The molecule has 192 valence electrons. The first-order valence-corrected chi connectivity index (χ1v) is 12.7. The molecule has 1 aliphatic heterocycles. The van der Waals surface area contributed by atoms with Gasteiger partial charge >= 0.3 is 5.97 Å². The average Bonchev–Trinajstić information content (AvgIpc) is 3.35. The van der Waals surface area contributed by atoms with Gasteiger partial charge in [-0.15, -0.1) is 0 Å². The van der Waals surface area contributed by atoms with Gasteiger partial charge in [0.25, 0.3) is 5.91 Å². The number of aliphatic carboxylic acids is 1. The molecule has 2 aliphatic rings. The third-order valence-corrected chi connectivity index (χ3v) is 7.16. The molecule has 0 saturated carbocycles. The van der Waals surface area contributed by atoms with E-state index in [2.05, 4.69) is 21.4 Å². The van der Waals surface area contributed by atoms with Gasteiger partial charge in [-0.3, -0.25) is 14.5 Å². The zero-order chi connectivity index (χ0) is 26.1. The quantitative estimate of drug-likeness (QED) is 0.355. The van der Waals surface area contributed by atoms with E-state index in [0.717, 1.165) is 46.5 Å². The van der Waals surface area contributed by atoms with E-state index in [0.29, 0.717) is 43.3 Å². The number of nitrogens with one attached hydrogen (secondary N) is 1. The molecule has 1 saturated heterocycles. The zero-order valence-corrected chi connectivity index (χ0v) is 20.7. The number of nitrogens with zero attached hydrogens (tertiary/aromatic N) is 2. The smallest absolute Gasteiger partial charge is 0.309 e. The van der Waals surface area contributed by atoms with Crippen LogP contribution in [0.2, 0.25) is 0 Å². The molecular formula is C30H27N3O5. The van der Waals surface area contributed by atoms with Crippen molar-refractivity contribution in [2.45, 2.75) is 25.9 Å². The fourth-order valence-corrected chi connectivity index (χ4v) is 5.10. The molecule has 0 radical (unpaired) electrons. The van der Waals surface area contributed by atoms with Crippen molar-refractivity contribution in [2.24, 2.45) is 5.92 Å². The highest BCUT2D eigenvalue weighted by Crippen LogP contribution is 2.36. The minimum atomic E-state index is -0.728. The predicted molar refractivity (Wildman–Crippen MR) is 140 cm³/mol. The molecule has 0 bridgehead atoms. The first-order chi connectivity index (χ1) is 18.5. The van der Waals surface area contributed by atoms with Crippen LogP contribution in [0.5, 0.6) is 11.5 Å². The minimum absolute atomic E-state index is 0.265. The first-order valence-electron chi connectivity index (χ1n) is 12.7. The van der Waals surface area contributed by atoms with Gasteiger partial charge in [-0.2, -0.15) is 0 Å². The molecule has 1 amide bonds. The van der Waals surface area contributed by atoms with Crippen LogP contribution in [0.1, 0.15) is 32.7 Å². The lowest BCUT2D eigenvalue weighted by atomic mass is 9.88. The summed E-state index contributed by atoms with van der Waals surface area (Å²) in [7, 11) is 0. The van der Waals surface area contributed by atoms with E-state index in [-0.39, 0.29) is 11.8 Å². The number of aromatic nitrogens is 1. The van der Waals surface area contributed by atoms with Crippen molar-refractivity contribution >= 4 is 11.9 Å². The van der Waals surface area contributed by atoms with E-state index < -0.39 is 5.97 Å². The van der Waals surface area contributed by atoms with Crippen molar-refractivity contribution in [3.8, 4) is 22.8 Å². The summed E-state index contributed by atoms with van der Waals surface area (Å²) >= 11 is 0. The molecule has 1 fully saturated rings. The summed E-state index contributed by atoms with van der Waals surface area (Å²) in [6.07, 6.45) is 1.44. The van der Waals surface area contributed by atoms with Crippen molar-refractivity contribution in [1.29, 1.82) is 0 Å². The Morgan fingerprint density at radius 3 is 2.63 bits per heavy atom. The van der Waals surface area contributed by atoms with Crippen molar-refractivity contribution in [3.05, 3.63) is 101 Å². The Kier molecular flexibility index (Phi) is 6.39. The Bertz CT molecular complexity index is 1490. The standard InChI is InChI=1S/C30H27N3O5/c34-29(31-15-21-6-4-5-9-26(21)37-23-7-2-1-3-8-23)27-25-13-11-20-14-19(10-12-24(20)28(25)38-32-27)16-33-17-22(18-33)30(35)36/h1-10,12,14,22H,11,13,15-18H2,(H,31,34)(H,35,36). The SMILES string of the molecule is O=C(NCc1ccccc1Oc1ccccc1)c1noc2c1CCc1cc(CN3CC(C(=O)O)C3)ccc1-2. The van der Waals surface area contributed by atoms with E-state index in [1.165, 1.54) is 0 Å². The summed E-state index contributed by atoms with van der Waals surface area (Å²) < 4.78 is 11.7. The lowest BCUT2D eigenvalue weighted by Gasteiger charge is -2.36. The van der Waals surface area contributed by atoms with Gasteiger partial charge in [0.15, 0.2) is 11.5 Å². The number of hydrogen-bond acceptors (Lipinski definition) is 6. The molecule has 4 aromatic rings. The maximum atomic E-state index is 13.1. The second kappa shape index (κ2) is 10.1. The van der Waals surface area contributed by atoms with Crippen LogP contribution in [-0.4, -0.2) is 40.1 Å². The van der Waals surface area contributed by atoms with Gasteiger partial charge in [0, 0.05) is 42.9 Å². The molecule has 6 rings (SSSR count). The normalized spacial score (nSPS) is 14.7. The molecule has 2 N–H and O–H groups in total. The third-order valence-electron chi connectivity index (χ3n) is 7.16. The molecule has 0 atom stereocenters. The first kappa shape index (κ1) is 23.9. The van der Waals surface area contributed by atoms with Crippen molar-refractivity contribution < 1.29 is 24.0 Å². The molecule has 0 unspecified atom stereocenters. The van der Waals surface area contributed by atoms with Crippen LogP contribution in [0.3, 0.4) is 0 Å². The summed E-state index contributed by atoms with van der Waals surface area (Å²) in [6, 6.07) is 23.3. The largest absolute Gasteiger partial charge is 0.481 e. The maximum absolute atomic E-state index is 13.1. The average molecular weight is 510 g/mol. The van der Waals surface area contributed by atoms with Crippen LogP contribution in [-0.2, 0) is 30.7 Å². The fraction of sp³-hybridized carbons (Fsp3) is 0.233. The number of aryl methyl sites for hydroxylation is 1. The zero-order valence-electron chi connectivity index (χ0n) is 20.7. The predicted octanol–water partition coefficient (Wildman–Crippen LogP) is 4.68. The second-order valence-electron chi connectivity index (χ2n) is 9.77.